The summed E-state index contributed by atoms with van der Waals surface area (Å²) in [5.74, 6) is -0.0829. The van der Waals surface area contributed by atoms with Crippen molar-refractivity contribution in [2.75, 3.05) is 19.0 Å². The van der Waals surface area contributed by atoms with Crippen molar-refractivity contribution in [3.63, 3.8) is 0 Å². The molecule has 0 aromatic rings. The van der Waals surface area contributed by atoms with E-state index >= 15 is 0 Å². The van der Waals surface area contributed by atoms with Crippen LogP contribution in [-0.2, 0) is 9.53 Å². The second-order valence-electron chi connectivity index (χ2n) is 5.73. The fourth-order valence-corrected chi connectivity index (χ4v) is 2.03. The van der Waals surface area contributed by atoms with Crippen LogP contribution < -0.4 is 5.32 Å². The van der Waals surface area contributed by atoms with Gasteiger partial charge in [0.1, 0.15) is 11.5 Å². The van der Waals surface area contributed by atoms with Crippen LogP contribution in [0.5, 0.6) is 0 Å². The van der Waals surface area contributed by atoms with Crippen molar-refractivity contribution in [1.29, 1.82) is 0 Å². The summed E-state index contributed by atoms with van der Waals surface area (Å²) in [5.41, 5.74) is -0.510. The first kappa shape index (κ1) is 16.1. The molecule has 1 aliphatic carbocycles. The number of nitrogens with one attached hydrogen (secondary N) is 1. The van der Waals surface area contributed by atoms with E-state index in [0.29, 0.717) is 13.1 Å². The molecule has 0 aromatic carbocycles. The SMILES string of the molecule is CC(C)(C)OC(=O)NCCN(C(=O)CCl)C1CCC1. The monoisotopic (exact) mass is 290 g/mol. The molecule has 0 heterocycles. The van der Waals surface area contributed by atoms with Crippen molar-refractivity contribution in [2.24, 2.45) is 0 Å². The van der Waals surface area contributed by atoms with Gasteiger partial charge in [0.15, 0.2) is 0 Å². The summed E-state index contributed by atoms with van der Waals surface area (Å²) in [6.07, 6.45) is 2.74. The lowest BCUT2D eigenvalue weighted by Crippen LogP contribution is -2.48. The molecule has 0 atom stereocenters. The van der Waals surface area contributed by atoms with Crippen molar-refractivity contribution >= 4 is 23.6 Å². The zero-order valence-electron chi connectivity index (χ0n) is 11.9. The van der Waals surface area contributed by atoms with E-state index < -0.39 is 11.7 Å². The Hall–Kier alpha value is -0.970. The van der Waals surface area contributed by atoms with Gasteiger partial charge in [-0.1, -0.05) is 0 Å². The number of halogens is 1. The molecule has 0 radical (unpaired) electrons. The van der Waals surface area contributed by atoms with Crippen molar-refractivity contribution in [1.82, 2.24) is 10.2 Å². The third kappa shape index (κ3) is 5.68. The number of nitrogens with zero attached hydrogens (tertiary/aromatic N) is 1. The molecule has 6 heteroatoms. The molecule has 1 N–H and O–H groups in total. The second kappa shape index (κ2) is 6.98. The van der Waals surface area contributed by atoms with Gasteiger partial charge in [0.25, 0.3) is 0 Å². The van der Waals surface area contributed by atoms with Crippen molar-refractivity contribution in [2.45, 2.75) is 51.7 Å². The summed E-state index contributed by atoms with van der Waals surface area (Å²) in [4.78, 5) is 24.9. The number of hydrogen-bond donors (Lipinski definition) is 1. The van der Waals surface area contributed by atoms with Gasteiger partial charge in [0.05, 0.1) is 0 Å². The minimum atomic E-state index is -0.510. The Labute approximate surface area is 119 Å². The Balaban J connectivity index is 2.32. The fraction of sp³-hybridized carbons (Fsp3) is 0.846. The average molecular weight is 291 g/mol. The third-order valence-electron chi connectivity index (χ3n) is 2.97. The van der Waals surface area contributed by atoms with Gasteiger partial charge >= 0.3 is 6.09 Å². The summed E-state index contributed by atoms with van der Waals surface area (Å²) in [6, 6.07) is 0.284. The molecule has 0 aromatic heterocycles. The number of alkyl halides is 1. The van der Waals surface area contributed by atoms with Crippen LogP contribution in [0.25, 0.3) is 0 Å². The lowest BCUT2D eigenvalue weighted by molar-refractivity contribution is -0.132. The molecule has 0 unspecified atom stereocenters. The molecule has 1 rings (SSSR count). The van der Waals surface area contributed by atoms with Crippen LogP contribution in [0.15, 0.2) is 0 Å². The van der Waals surface area contributed by atoms with Crippen LogP contribution in [0.4, 0.5) is 4.79 Å². The van der Waals surface area contributed by atoms with Gasteiger partial charge in [0, 0.05) is 19.1 Å². The number of hydrogen-bond acceptors (Lipinski definition) is 3. The Morgan fingerprint density at radius 3 is 2.42 bits per heavy atom. The maximum atomic E-state index is 11.7. The molecule has 5 nitrogen and oxygen atoms in total. The first-order valence-electron chi connectivity index (χ1n) is 6.66. The first-order valence-corrected chi connectivity index (χ1v) is 7.19. The van der Waals surface area contributed by atoms with Crippen LogP contribution in [-0.4, -0.2) is 47.5 Å². The van der Waals surface area contributed by atoms with E-state index in [9.17, 15) is 9.59 Å². The molecule has 1 saturated carbocycles. The zero-order valence-corrected chi connectivity index (χ0v) is 12.6. The van der Waals surface area contributed by atoms with Crippen LogP contribution >= 0.6 is 11.6 Å². The van der Waals surface area contributed by atoms with E-state index in [2.05, 4.69) is 5.32 Å². The minimum absolute atomic E-state index is 0.0110. The quantitative estimate of drug-likeness (QED) is 0.789. The Morgan fingerprint density at radius 2 is 2.00 bits per heavy atom. The molecule has 1 aliphatic rings. The molecule has 0 spiro atoms. The molecule has 1 fully saturated rings. The summed E-state index contributed by atoms with van der Waals surface area (Å²) in [5, 5.41) is 2.65. The fourth-order valence-electron chi connectivity index (χ4n) is 1.88. The Kier molecular flexibility index (Phi) is 5.91. The molecule has 19 heavy (non-hydrogen) atoms. The van der Waals surface area contributed by atoms with E-state index in [4.69, 9.17) is 16.3 Å². The zero-order chi connectivity index (χ0) is 14.5. The highest BCUT2D eigenvalue weighted by molar-refractivity contribution is 6.27. The van der Waals surface area contributed by atoms with Crippen LogP contribution in [0.1, 0.15) is 40.0 Å². The van der Waals surface area contributed by atoms with Gasteiger partial charge in [-0.3, -0.25) is 4.79 Å². The molecule has 0 bridgehead atoms. The highest BCUT2D eigenvalue weighted by atomic mass is 35.5. The Morgan fingerprint density at radius 1 is 1.37 bits per heavy atom. The maximum Gasteiger partial charge on any atom is 0.407 e. The predicted octanol–water partition coefficient (Wildman–Crippen LogP) is 2.13. The van der Waals surface area contributed by atoms with Gasteiger partial charge in [-0.15, -0.1) is 11.6 Å². The van der Waals surface area contributed by atoms with E-state index in [-0.39, 0.29) is 17.8 Å². The van der Waals surface area contributed by atoms with Crippen LogP contribution in [0.3, 0.4) is 0 Å². The topological polar surface area (TPSA) is 58.6 Å². The normalized spacial score (nSPS) is 15.6. The van der Waals surface area contributed by atoms with Crippen LogP contribution in [0.2, 0.25) is 0 Å². The van der Waals surface area contributed by atoms with Gasteiger partial charge in [-0.2, -0.15) is 0 Å². The largest absolute Gasteiger partial charge is 0.444 e. The molecule has 2 amide bonds. The molecule has 110 valence electrons. The summed E-state index contributed by atoms with van der Waals surface area (Å²) < 4.78 is 5.13. The van der Waals surface area contributed by atoms with E-state index in [0.717, 1.165) is 19.3 Å². The van der Waals surface area contributed by atoms with Gasteiger partial charge in [0.2, 0.25) is 5.91 Å². The second-order valence-corrected chi connectivity index (χ2v) is 6.00. The standard InChI is InChI=1S/C13H23ClN2O3/c1-13(2,3)19-12(18)15-7-8-16(11(17)9-14)10-5-4-6-10/h10H,4-9H2,1-3H3,(H,15,18). The number of rotatable bonds is 5. The number of amides is 2. The van der Waals surface area contributed by atoms with Crippen molar-refractivity contribution in [3.05, 3.63) is 0 Å². The van der Waals surface area contributed by atoms with E-state index in [1.54, 1.807) is 4.90 Å². The van der Waals surface area contributed by atoms with Crippen LogP contribution in [0, 0.1) is 0 Å². The van der Waals surface area contributed by atoms with Crippen molar-refractivity contribution < 1.29 is 14.3 Å². The molecular weight excluding hydrogens is 268 g/mol. The predicted molar refractivity (Wildman–Crippen MR) is 74.3 cm³/mol. The maximum absolute atomic E-state index is 11.7. The Bertz CT molecular complexity index is 324. The average Bonchev–Trinajstić information content (AvgIpc) is 2.21. The smallest absolute Gasteiger partial charge is 0.407 e. The summed E-state index contributed by atoms with van der Waals surface area (Å²) in [6.45, 7) is 6.29. The third-order valence-corrected chi connectivity index (χ3v) is 3.20. The molecule has 0 aliphatic heterocycles. The number of alkyl carbamates (subject to hydrolysis) is 1. The van der Waals surface area contributed by atoms with Gasteiger partial charge < -0.3 is 15.0 Å². The lowest BCUT2D eigenvalue weighted by atomic mass is 9.91. The highest BCUT2D eigenvalue weighted by Crippen LogP contribution is 2.24. The van der Waals surface area contributed by atoms with E-state index in [1.807, 2.05) is 20.8 Å². The molecule has 0 saturated heterocycles. The minimum Gasteiger partial charge on any atom is -0.444 e. The number of carbonyl (C=O) groups excluding carboxylic acids is 2. The number of carbonyl (C=O) groups is 2. The van der Waals surface area contributed by atoms with Gasteiger partial charge in [-0.05, 0) is 40.0 Å². The summed E-state index contributed by atoms with van der Waals surface area (Å²) >= 11 is 5.60. The molecular formula is C13H23ClN2O3. The van der Waals surface area contributed by atoms with E-state index in [1.165, 1.54) is 0 Å². The lowest BCUT2D eigenvalue weighted by Gasteiger charge is -2.37. The highest BCUT2D eigenvalue weighted by Gasteiger charge is 2.28. The number of ether oxygens (including phenoxy) is 1. The van der Waals surface area contributed by atoms with Crippen molar-refractivity contribution in [3.8, 4) is 0 Å². The summed E-state index contributed by atoms with van der Waals surface area (Å²) in [7, 11) is 0. The van der Waals surface area contributed by atoms with Gasteiger partial charge in [-0.25, -0.2) is 4.79 Å². The first-order chi connectivity index (χ1) is 8.83.